The van der Waals surface area contributed by atoms with Gasteiger partial charge in [-0.25, -0.2) is 0 Å². The maximum atomic E-state index is 12.1. The van der Waals surface area contributed by atoms with E-state index in [1.165, 1.54) is 0 Å². The summed E-state index contributed by atoms with van der Waals surface area (Å²) in [6.45, 7) is 2.33. The summed E-state index contributed by atoms with van der Waals surface area (Å²) in [6.07, 6.45) is 1.83. The molecule has 4 N–H and O–H groups in total. The molecule has 0 saturated carbocycles. The van der Waals surface area contributed by atoms with Gasteiger partial charge < -0.3 is 10.7 Å². The minimum absolute atomic E-state index is 0.182. The van der Waals surface area contributed by atoms with Crippen molar-refractivity contribution in [2.45, 2.75) is 13.5 Å². The van der Waals surface area contributed by atoms with Crippen molar-refractivity contribution in [3.63, 3.8) is 0 Å². The van der Waals surface area contributed by atoms with Gasteiger partial charge in [-0.15, -0.1) is 0 Å². The number of rotatable bonds is 4. The van der Waals surface area contributed by atoms with E-state index in [4.69, 9.17) is 5.84 Å². The van der Waals surface area contributed by atoms with Crippen molar-refractivity contribution in [1.29, 1.82) is 0 Å². The van der Waals surface area contributed by atoms with Crippen LogP contribution in [0.1, 0.15) is 21.6 Å². The monoisotopic (exact) mass is 259 g/mol. The minimum Gasteiger partial charge on any atom is -0.346 e. The minimum atomic E-state index is -0.182. The van der Waals surface area contributed by atoms with E-state index in [9.17, 15) is 4.79 Å². The molecule has 0 aliphatic rings. The molecule has 0 unspecified atom stereocenters. The van der Waals surface area contributed by atoms with Crippen LogP contribution < -0.4 is 16.6 Å². The van der Waals surface area contributed by atoms with Crippen LogP contribution in [0.15, 0.2) is 30.5 Å². The van der Waals surface area contributed by atoms with Crippen LogP contribution in [0.25, 0.3) is 0 Å². The molecule has 6 nitrogen and oxygen atoms in total. The second-order valence-electron chi connectivity index (χ2n) is 4.36. The molecule has 2 rings (SSSR count). The van der Waals surface area contributed by atoms with E-state index in [1.54, 1.807) is 10.7 Å². The number of hydrogen-bond donors (Lipinski definition) is 3. The molecule has 100 valence electrons. The van der Waals surface area contributed by atoms with E-state index in [-0.39, 0.29) is 5.91 Å². The summed E-state index contributed by atoms with van der Waals surface area (Å²) in [4.78, 5) is 12.1. The molecule has 6 heteroatoms. The summed E-state index contributed by atoms with van der Waals surface area (Å²) in [7, 11) is 1.84. The SMILES string of the molecule is Cc1ccc(C(=O)NCc2ccn(C)n2)c(NN)c1. The van der Waals surface area contributed by atoms with Crippen molar-refractivity contribution in [2.75, 3.05) is 5.43 Å². The molecule has 0 saturated heterocycles. The molecular weight excluding hydrogens is 242 g/mol. The third-order valence-corrected chi connectivity index (χ3v) is 2.77. The van der Waals surface area contributed by atoms with Crippen LogP contribution in [0.3, 0.4) is 0 Å². The van der Waals surface area contributed by atoms with Crippen molar-refractivity contribution in [3.8, 4) is 0 Å². The molecule has 0 bridgehead atoms. The molecule has 1 heterocycles. The van der Waals surface area contributed by atoms with Crippen LogP contribution in [0.4, 0.5) is 5.69 Å². The molecule has 0 spiro atoms. The van der Waals surface area contributed by atoms with Gasteiger partial charge in [0.1, 0.15) is 0 Å². The lowest BCUT2D eigenvalue weighted by atomic mass is 10.1. The molecular formula is C13H17N5O. The van der Waals surface area contributed by atoms with Gasteiger partial charge in [0.15, 0.2) is 0 Å². The second-order valence-corrected chi connectivity index (χ2v) is 4.36. The van der Waals surface area contributed by atoms with Gasteiger partial charge in [-0.3, -0.25) is 15.3 Å². The maximum Gasteiger partial charge on any atom is 0.253 e. The Morgan fingerprint density at radius 2 is 2.21 bits per heavy atom. The van der Waals surface area contributed by atoms with Crippen molar-refractivity contribution in [2.24, 2.45) is 12.9 Å². The lowest BCUT2D eigenvalue weighted by Crippen LogP contribution is -2.25. The van der Waals surface area contributed by atoms with Crippen LogP contribution in [-0.2, 0) is 13.6 Å². The number of carbonyl (C=O) groups excluding carboxylic acids is 1. The van der Waals surface area contributed by atoms with E-state index in [2.05, 4.69) is 15.8 Å². The number of aryl methyl sites for hydroxylation is 2. The topological polar surface area (TPSA) is 85.0 Å². The van der Waals surface area contributed by atoms with E-state index in [1.807, 2.05) is 38.4 Å². The normalized spacial score (nSPS) is 10.3. The number of amides is 1. The number of nitrogen functional groups attached to an aromatic ring is 1. The zero-order chi connectivity index (χ0) is 13.8. The molecule has 0 radical (unpaired) electrons. The summed E-state index contributed by atoms with van der Waals surface area (Å²) in [5.74, 6) is 5.24. The van der Waals surface area contributed by atoms with Gasteiger partial charge in [0.05, 0.1) is 23.5 Å². The summed E-state index contributed by atoms with van der Waals surface area (Å²) < 4.78 is 1.69. The number of anilines is 1. The zero-order valence-electron chi connectivity index (χ0n) is 11.0. The van der Waals surface area contributed by atoms with Crippen molar-refractivity contribution >= 4 is 11.6 Å². The Kier molecular flexibility index (Phi) is 3.82. The zero-order valence-corrected chi connectivity index (χ0v) is 11.0. The number of nitrogens with one attached hydrogen (secondary N) is 2. The van der Waals surface area contributed by atoms with Crippen LogP contribution in [0, 0.1) is 6.92 Å². The predicted octanol–water partition coefficient (Wildman–Crippen LogP) is 0.944. The molecule has 0 aliphatic carbocycles. The van der Waals surface area contributed by atoms with Crippen LogP contribution in [0.5, 0.6) is 0 Å². The Morgan fingerprint density at radius 1 is 1.42 bits per heavy atom. The lowest BCUT2D eigenvalue weighted by molar-refractivity contribution is 0.0951. The first-order valence-corrected chi connectivity index (χ1v) is 5.94. The molecule has 2 aromatic rings. The number of aromatic nitrogens is 2. The summed E-state index contributed by atoms with van der Waals surface area (Å²) in [5, 5.41) is 7.01. The standard InChI is InChI=1S/C13H17N5O/c1-9-3-4-11(12(7-9)16-14)13(19)15-8-10-5-6-18(2)17-10/h3-7,16H,8,14H2,1-2H3,(H,15,19). The Morgan fingerprint density at radius 3 is 2.84 bits per heavy atom. The summed E-state index contributed by atoms with van der Waals surface area (Å²) in [5.41, 5.74) is 5.51. The van der Waals surface area contributed by atoms with Crippen LogP contribution in [-0.4, -0.2) is 15.7 Å². The van der Waals surface area contributed by atoms with Gasteiger partial charge in [0, 0.05) is 13.2 Å². The molecule has 0 fully saturated rings. The molecule has 19 heavy (non-hydrogen) atoms. The molecule has 1 aromatic heterocycles. The highest BCUT2D eigenvalue weighted by atomic mass is 16.1. The lowest BCUT2D eigenvalue weighted by Gasteiger charge is -2.09. The number of carbonyl (C=O) groups is 1. The third kappa shape index (κ3) is 3.11. The summed E-state index contributed by atoms with van der Waals surface area (Å²) >= 11 is 0. The van der Waals surface area contributed by atoms with E-state index in [0.29, 0.717) is 17.8 Å². The van der Waals surface area contributed by atoms with Crippen LogP contribution >= 0.6 is 0 Å². The Hall–Kier alpha value is -2.34. The van der Waals surface area contributed by atoms with Gasteiger partial charge >= 0.3 is 0 Å². The highest BCUT2D eigenvalue weighted by Gasteiger charge is 2.11. The first-order chi connectivity index (χ1) is 9.10. The van der Waals surface area contributed by atoms with E-state index >= 15 is 0 Å². The fourth-order valence-electron chi connectivity index (χ4n) is 1.80. The number of hydrazine groups is 1. The number of benzene rings is 1. The highest BCUT2D eigenvalue weighted by molar-refractivity contribution is 5.99. The molecule has 1 amide bonds. The molecule has 1 aromatic carbocycles. The van der Waals surface area contributed by atoms with Gasteiger partial charge in [-0.05, 0) is 30.7 Å². The number of nitrogens with zero attached hydrogens (tertiary/aromatic N) is 2. The van der Waals surface area contributed by atoms with Gasteiger partial charge in [-0.1, -0.05) is 6.07 Å². The smallest absolute Gasteiger partial charge is 0.253 e. The average molecular weight is 259 g/mol. The molecule has 0 aliphatic heterocycles. The largest absolute Gasteiger partial charge is 0.346 e. The Balaban J connectivity index is 2.07. The molecule has 0 atom stereocenters. The fourth-order valence-corrected chi connectivity index (χ4v) is 1.80. The van der Waals surface area contributed by atoms with Gasteiger partial charge in [0.25, 0.3) is 5.91 Å². The summed E-state index contributed by atoms with van der Waals surface area (Å²) in [6, 6.07) is 7.31. The van der Waals surface area contributed by atoms with Crippen molar-refractivity contribution in [3.05, 3.63) is 47.3 Å². The fraction of sp³-hybridized carbons (Fsp3) is 0.231. The highest BCUT2D eigenvalue weighted by Crippen LogP contribution is 2.16. The van der Waals surface area contributed by atoms with Crippen LogP contribution in [0.2, 0.25) is 0 Å². The Labute approximate surface area is 111 Å². The van der Waals surface area contributed by atoms with E-state index in [0.717, 1.165) is 11.3 Å². The number of hydrogen-bond acceptors (Lipinski definition) is 4. The average Bonchev–Trinajstić information content (AvgIpc) is 2.81. The third-order valence-electron chi connectivity index (χ3n) is 2.77. The number of nitrogens with two attached hydrogens (primary N) is 1. The first-order valence-electron chi connectivity index (χ1n) is 5.94. The quantitative estimate of drug-likeness (QED) is 0.563. The van der Waals surface area contributed by atoms with Crippen molar-refractivity contribution in [1.82, 2.24) is 15.1 Å². The second kappa shape index (κ2) is 5.53. The first kappa shape index (κ1) is 13.1. The van der Waals surface area contributed by atoms with Gasteiger partial charge in [-0.2, -0.15) is 5.10 Å². The Bertz CT molecular complexity index is 590. The van der Waals surface area contributed by atoms with E-state index < -0.39 is 0 Å². The maximum absolute atomic E-state index is 12.1. The van der Waals surface area contributed by atoms with Gasteiger partial charge in [0.2, 0.25) is 0 Å². The predicted molar refractivity (Wildman–Crippen MR) is 73.4 cm³/mol. The van der Waals surface area contributed by atoms with Crippen molar-refractivity contribution < 1.29 is 4.79 Å².